The van der Waals surface area contributed by atoms with E-state index in [-0.39, 0.29) is 5.41 Å². The number of benzene rings is 1. The van der Waals surface area contributed by atoms with Gasteiger partial charge in [-0.2, -0.15) is 0 Å². The van der Waals surface area contributed by atoms with Crippen LogP contribution in [-0.2, 0) is 0 Å². The topological polar surface area (TPSA) is 0 Å². The molecule has 1 aliphatic rings. The predicted octanol–water partition coefficient (Wildman–Crippen LogP) is 4.66. The SMILES string of the molecule is CC1(C)CC=CC=C1c1ccccc1I. The molecule has 1 aromatic carbocycles. The van der Waals surface area contributed by atoms with Crippen molar-refractivity contribution in [2.45, 2.75) is 20.3 Å². The summed E-state index contributed by atoms with van der Waals surface area (Å²) >= 11 is 2.41. The molecule has 15 heavy (non-hydrogen) atoms. The highest BCUT2D eigenvalue weighted by Crippen LogP contribution is 2.41. The van der Waals surface area contributed by atoms with Crippen molar-refractivity contribution in [2.75, 3.05) is 0 Å². The lowest BCUT2D eigenvalue weighted by atomic mass is 9.75. The Morgan fingerprint density at radius 1 is 1.20 bits per heavy atom. The second-order valence-electron chi connectivity index (χ2n) is 4.58. The first-order chi connectivity index (χ1) is 7.11. The fraction of sp³-hybridized carbons (Fsp3) is 0.286. The molecule has 0 heterocycles. The van der Waals surface area contributed by atoms with Gasteiger partial charge in [0.15, 0.2) is 0 Å². The van der Waals surface area contributed by atoms with Crippen LogP contribution in [-0.4, -0.2) is 0 Å². The maximum Gasteiger partial charge on any atom is 0.0205 e. The van der Waals surface area contributed by atoms with Crippen LogP contribution >= 0.6 is 22.6 Å². The van der Waals surface area contributed by atoms with Crippen molar-refractivity contribution < 1.29 is 0 Å². The fourth-order valence-electron chi connectivity index (χ4n) is 2.00. The van der Waals surface area contributed by atoms with Crippen molar-refractivity contribution in [2.24, 2.45) is 5.41 Å². The molecule has 0 bridgehead atoms. The van der Waals surface area contributed by atoms with E-state index in [1.807, 2.05) is 0 Å². The van der Waals surface area contributed by atoms with Gasteiger partial charge in [0.2, 0.25) is 0 Å². The molecule has 0 atom stereocenters. The van der Waals surface area contributed by atoms with E-state index < -0.39 is 0 Å². The number of halogens is 1. The van der Waals surface area contributed by atoms with Crippen molar-refractivity contribution in [1.29, 1.82) is 0 Å². The van der Waals surface area contributed by atoms with Crippen molar-refractivity contribution in [1.82, 2.24) is 0 Å². The van der Waals surface area contributed by atoms with Crippen molar-refractivity contribution in [3.8, 4) is 0 Å². The standard InChI is InChI=1S/C14H15I/c1-14(2)10-6-5-8-12(14)11-7-3-4-9-13(11)15/h3-9H,10H2,1-2H3. The van der Waals surface area contributed by atoms with Crippen LogP contribution in [0.25, 0.3) is 5.57 Å². The van der Waals surface area contributed by atoms with Gasteiger partial charge < -0.3 is 0 Å². The molecule has 0 fully saturated rings. The molecule has 0 saturated heterocycles. The molecular weight excluding hydrogens is 295 g/mol. The summed E-state index contributed by atoms with van der Waals surface area (Å²) < 4.78 is 1.34. The largest absolute Gasteiger partial charge is 0.0837 e. The van der Waals surface area contributed by atoms with Crippen LogP contribution in [0.15, 0.2) is 42.5 Å². The van der Waals surface area contributed by atoms with Crippen LogP contribution in [0.2, 0.25) is 0 Å². The van der Waals surface area contributed by atoms with E-state index in [0.29, 0.717) is 0 Å². The zero-order valence-electron chi connectivity index (χ0n) is 9.13. The van der Waals surface area contributed by atoms with E-state index in [9.17, 15) is 0 Å². The third kappa shape index (κ3) is 2.17. The fourth-order valence-corrected chi connectivity index (χ4v) is 2.67. The van der Waals surface area contributed by atoms with E-state index in [0.717, 1.165) is 6.42 Å². The minimum Gasteiger partial charge on any atom is -0.0837 e. The zero-order chi connectivity index (χ0) is 10.9. The Morgan fingerprint density at radius 3 is 2.60 bits per heavy atom. The lowest BCUT2D eigenvalue weighted by Crippen LogP contribution is -2.15. The van der Waals surface area contributed by atoms with Gasteiger partial charge in [0.1, 0.15) is 0 Å². The van der Waals surface area contributed by atoms with Crippen molar-refractivity contribution in [3.63, 3.8) is 0 Å². The number of hydrogen-bond donors (Lipinski definition) is 0. The Kier molecular flexibility index (Phi) is 3.01. The van der Waals surface area contributed by atoms with Crippen molar-refractivity contribution in [3.05, 3.63) is 51.6 Å². The Bertz CT molecular complexity index is 425. The van der Waals surface area contributed by atoms with Crippen LogP contribution in [0, 0.1) is 8.99 Å². The Balaban J connectivity index is 2.51. The first kappa shape index (κ1) is 10.9. The first-order valence-electron chi connectivity index (χ1n) is 5.23. The summed E-state index contributed by atoms with van der Waals surface area (Å²) in [6, 6.07) is 8.60. The second-order valence-corrected chi connectivity index (χ2v) is 5.74. The van der Waals surface area contributed by atoms with Gasteiger partial charge >= 0.3 is 0 Å². The normalized spacial score (nSPS) is 18.7. The molecule has 0 spiro atoms. The number of rotatable bonds is 1. The van der Waals surface area contributed by atoms with Gasteiger partial charge in [0.05, 0.1) is 0 Å². The molecule has 0 aromatic heterocycles. The molecule has 1 heteroatoms. The molecule has 1 aliphatic carbocycles. The lowest BCUT2D eigenvalue weighted by molar-refractivity contribution is 0.505. The van der Waals surface area contributed by atoms with Crippen LogP contribution in [0.1, 0.15) is 25.8 Å². The number of allylic oxidation sites excluding steroid dienone is 4. The summed E-state index contributed by atoms with van der Waals surface area (Å²) in [4.78, 5) is 0. The summed E-state index contributed by atoms with van der Waals surface area (Å²) in [5.74, 6) is 0. The molecule has 0 unspecified atom stereocenters. The average Bonchev–Trinajstić information content (AvgIpc) is 2.19. The molecule has 78 valence electrons. The second kappa shape index (κ2) is 4.12. The third-order valence-corrected chi connectivity index (χ3v) is 3.86. The van der Waals surface area contributed by atoms with Gasteiger partial charge in [0.25, 0.3) is 0 Å². The smallest absolute Gasteiger partial charge is 0.0205 e. The van der Waals surface area contributed by atoms with E-state index >= 15 is 0 Å². The van der Waals surface area contributed by atoms with Gasteiger partial charge in [-0.05, 0) is 51.6 Å². The monoisotopic (exact) mass is 310 g/mol. The van der Waals surface area contributed by atoms with E-state index in [2.05, 4.69) is 78.9 Å². The lowest BCUT2D eigenvalue weighted by Gasteiger charge is -2.30. The highest BCUT2D eigenvalue weighted by atomic mass is 127. The third-order valence-electron chi connectivity index (χ3n) is 2.92. The van der Waals surface area contributed by atoms with Gasteiger partial charge in [-0.25, -0.2) is 0 Å². The highest BCUT2D eigenvalue weighted by molar-refractivity contribution is 14.1. The van der Waals surface area contributed by atoms with Gasteiger partial charge in [-0.1, -0.05) is 50.3 Å². The van der Waals surface area contributed by atoms with Gasteiger partial charge in [-0.15, -0.1) is 0 Å². The molecule has 0 nitrogen and oxygen atoms in total. The Hall–Kier alpha value is -0.570. The molecule has 0 radical (unpaired) electrons. The van der Waals surface area contributed by atoms with Gasteiger partial charge in [0, 0.05) is 3.57 Å². The predicted molar refractivity (Wildman–Crippen MR) is 74.7 cm³/mol. The Labute approximate surface area is 105 Å². The van der Waals surface area contributed by atoms with Crippen LogP contribution in [0.5, 0.6) is 0 Å². The molecule has 0 saturated carbocycles. The minimum absolute atomic E-state index is 0.260. The first-order valence-corrected chi connectivity index (χ1v) is 6.31. The molecule has 0 aliphatic heterocycles. The van der Waals surface area contributed by atoms with E-state index in [1.54, 1.807) is 0 Å². The maximum atomic E-state index is 2.41. The highest BCUT2D eigenvalue weighted by Gasteiger charge is 2.25. The number of hydrogen-bond acceptors (Lipinski definition) is 0. The van der Waals surface area contributed by atoms with Crippen LogP contribution in [0.4, 0.5) is 0 Å². The summed E-state index contributed by atoms with van der Waals surface area (Å²) in [5.41, 5.74) is 3.10. The molecule has 2 rings (SSSR count). The quantitative estimate of drug-likeness (QED) is 0.662. The van der Waals surface area contributed by atoms with E-state index in [1.165, 1.54) is 14.7 Å². The molecule has 0 amide bonds. The molecule has 0 N–H and O–H groups in total. The van der Waals surface area contributed by atoms with Crippen LogP contribution < -0.4 is 0 Å². The summed E-state index contributed by atoms with van der Waals surface area (Å²) in [6.07, 6.45) is 7.80. The summed E-state index contributed by atoms with van der Waals surface area (Å²) in [5, 5.41) is 0. The van der Waals surface area contributed by atoms with Gasteiger partial charge in [-0.3, -0.25) is 0 Å². The Morgan fingerprint density at radius 2 is 1.93 bits per heavy atom. The van der Waals surface area contributed by atoms with Crippen LogP contribution in [0.3, 0.4) is 0 Å². The molecular formula is C14H15I. The summed E-state index contributed by atoms with van der Waals surface area (Å²) in [7, 11) is 0. The molecule has 1 aromatic rings. The summed E-state index contributed by atoms with van der Waals surface area (Å²) in [6.45, 7) is 4.62. The van der Waals surface area contributed by atoms with Crippen molar-refractivity contribution >= 4 is 28.2 Å². The van der Waals surface area contributed by atoms with E-state index in [4.69, 9.17) is 0 Å². The average molecular weight is 310 g/mol. The zero-order valence-corrected chi connectivity index (χ0v) is 11.3. The maximum absolute atomic E-state index is 2.41. The minimum atomic E-state index is 0.260.